The number of benzene rings is 2. The predicted molar refractivity (Wildman–Crippen MR) is 134 cm³/mol. The first-order valence-electron chi connectivity index (χ1n) is 12.0. The molecule has 1 heterocycles. The van der Waals surface area contributed by atoms with Crippen LogP contribution in [-0.4, -0.2) is 38.6 Å². The smallest absolute Gasteiger partial charge is 0.255 e. The molecular weight excluding hydrogens is 452 g/mol. The maximum Gasteiger partial charge on any atom is 0.255 e. The first-order chi connectivity index (χ1) is 15.9. The highest BCUT2D eigenvalue weighted by Crippen LogP contribution is 2.28. The highest BCUT2D eigenvalue weighted by molar-refractivity contribution is 7.98. The molecule has 2 aliphatic rings. The molecule has 5 nitrogen and oxygen atoms in total. The van der Waals surface area contributed by atoms with E-state index in [0.29, 0.717) is 5.56 Å². The van der Waals surface area contributed by atoms with Crippen molar-refractivity contribution in [2.45, 2.75) is 74.1 Å². The first-order valence-corrected chi connectivity index (χ1v) is 14.7. The summed E-state index contributed by atoms with van der Waals surface area (Å²) in [6, 6.07) is 10.9. The minimum absolute atomic E-state index is 0.0685. The van der Waals surface area contributed by atoms with Crippen molar-refractivity contribution >= 4 is 27.7 Å². The number of nitrogens with zero attached hydrogens (tertiary/aromatic N) is 1. The van der Waals surface area contributed by atoms with Crippen LogP contribution in [-0.2, 0) is 22.9 Å². The zero-order valence-electron chi connectivity index (χ0n) is 19.6. The van der Waals surface area contributed by atoms with Gasteiger partial charge in [0.25, 0.3) is 5.91 Å². The second-order valence-corrected chi connectivity index (χ2v) is 11.7. The average Bonchev–Trinajstić information content (AvgIpc) is 3.12. The van der Waals surface area contributed by atoms with Crippen LogP contribution < -0.4 is 4.72 Å². The van der Waals surface area contributed by atoms with E-state index < -0.39 is 10.0 Å². The molecule has 0 saturated carbocycles. The third kappa shape index (κ3) is 5.64. The maximum absolute atomic E-state index is 13.3. The fourth-order valence-electron chi connectivity index (χ4n) is 4.86. The van der Waals surface area contributed by atoms with Crippen LogP contribution in [0.3, 0.4) is 0 Å². The number of likely N-dealkylation sites (tertiary alicyclic amines) is 1. The molecule has 2 aromatic rings. The van der Waals surface area contributed by atoms with Gasteiger partial charge in [-0.05, 0) is 86.6 Å². The summed E-state index contributed by atoms with van der Waals surface area (Å²) in [5, 5.41) is 0. The normalized spacial score (nSPS) is 17.8. The van der Waals surface area contributed by atoms with E-state index in [1.807, 2.05) is 24.1 Å². The largest absolute Gasteiger partial charge is 0.339 e. The monoisotopic (exact) mass is 486 g/mol. The van der Waals surface area contributed by atoms with Crippen LogP contribution in [0.2, 0.25) is 0 Å². The summed E-state index contributed by atoms with van der Waals surface area (Å²) in [6.45, 7) is 3.34. The summed E-state index contributed by atoms with van der Waals surface area (Å²) in [5.74, 6) is -0.0685. The topological polar surface area (TPSA) is 66.5 Å². The Kier molecular flexibility index (Phi) is 7.82. The van der Waals surface area contributed by atoms with Gasteiger partial charge >= 0.3 is 0 Å². The standard InChI is InChI=1S/C26H34N2O3S2/c1-19(21-12-11-20-9-5-6-10-22(20)17-21)27-33(30,31)23-13-14-25(32-2)24(18-23)26(29)28-15-7-3-4-8-16-28/h11-14,17-19,27H,3-10,15-16H2,1-2H3. The zero-order chi connectivity index (χ0) is 23.4. The van der Waals surface area contributed by atoms with E-state index in [-0.39, 0.29) is 16.8 Å². The second kappa shape index (κ2) is 10.6. The number of fused-ring (bicyclic) bond motifs is 1. The van der Waals surface area contributed by atoms with E-state index in [1.54, 1.807) is 18.2 Å². The number of carbonyl (C=O) groups is 1. The van der Waals surface area contributed by atoms with Gasteiger partial charge in [0.2, 0.25) is 10.0 Å². The maximum atomic E-state index is 13.3. The van der Waals surface area contributed by atoms with Crippen molar-refractivity contribution in [2.24, 2.45) is 0 Å². The lowest BCUT2D eigenvalue weighted by molar-refractivity contribution is 0.0758. The Bertz CT molecular complexity index is 1110. The van der Waals surface area contributed by atoms with Crippen molar-refractivity contribution in [3.05, 3.63) is 58.7 Å². The van der Waals surface area contributed by atoms with Gasteiger partial charge in [0.1, 0.15) is 0 Å². The van der Waals surface area contributed by atoms with Gasteiger partial charge in [0, 0.05) is 24.0 Å². The fourth-order valence-corrected chi connectivity index (χ4v) is 6.69. The number of aryl methyl sites for hydroxylation is 2. The molecule has 0 spiro atoms. The lowest BCUT2D eigenvalue weighted by Gasteiger charge is -2.22. The molecule has 1 fully saturated rings. The van der Waals surface area contributed by atoms with Crippen molar-refractivity contribution in [3.8, 4) is 0 Å². The zero-order valence-corrected chi connectivity index (χ0v) is 21.2. The van der Waals surface area contributed by atoms with Crippen LogP contribution in [0.15, 0.2) is 46.2 Å². The van der Waals surface area contributed by atoms with Gasteiger partial charge in [-0.2, -0.15) is 0 Å². The Hall–Kier alpha value is -1.83. The second-order valence-electron chi connectivity index (χ2n) is 9.15. The molecule has 33 heavy (non-hydrogen) atoms. The number of amides is 1. The minimum atomic E-state index is -3.78. The molecule has 0 aromatic heterocycles. The van der Waals surface area contributed by atoms with Gasteiger partial charge in [-0.15, -0.1) is 11.8 Å². The Balaban J connectivity index is 1.57. The highest BCUT2D eigenvalue weighted by Gasteiger charge is 2.25. The highest BCUT2D eigenvalue weighted by atomic mass is 32.2. The Morgan fingerprint density at radius 3 is 2.33 bits per heavy atom. The molecular formula is C26H34N2O3S2. The number of carbonyl (C=O) groups excluding carboxylic acids is 1. The first kappa shape index (κ1) is 24.3. The number of nitrogens with one attached hydrogen (secondary N) is 1. The molecule has 4 rings (SSSR count). The van der Waals surface area contributed by atoms with Crippen LogP contribution in [0.1, 0.15) is 78.5 Å². The molecule has 1 aliphatic heterocycles. The fraction of sp³-hybridized carbons (Fsp3) is 0.500. The molecule has 178 valence electrons. The van der Waals surface area contributed by atoms with Gasteiger partial charge in [-0.3, -0.25) is 4.79 Å². The van der Waals surface area contributed by atoms with Crippen molar-refractivity contribution in [2.75, 3.05) is 19.3 Å². The van der Waals surface area contributed by atoms with E-state index in [0.717, 1.165) is 62.1 Å². The van der Waals surface area contributed by atoms with E-state index >= 15 is 0 Å². The summed E-state index contributed by atoms with van der Waals surface area (Å²) in [5.41, 5.74) is 4.17. The van der Waals surface area contributed by atoms with Crippen molar-refractivity contribution in [1.29, 1.82) is 0 Å². The van der Waals surface area contributed by atoms with Gasteiger partial charge in [0.05, 0.1) is 10.5 Å². The van der Waals surface area contributed by atoms with E-state index in [1.165, 1.54) is 35.7 Å². The van der Waals surface area contributed by atoms with Gasteiger partial charge in [-0.25, -0.2) is 13.1 Å². The SMILES string of the molecule is CSc1ccc(S(=O)(=O)NC(C)c2ccc3c(c2)CCCC3)cc1C(=O)N1CCCCCC1. The Morgan fingerprint density at radius 1 is 0.939 bits per heavy atom. The van der Waals surface area contributed by atoms with Gasteiger partial charge in [0.15, 0.2) is 0 Å². The molecule has 1 atom stereocenters. The third-order valence-corrected chi connectivity index (χ3v) is 9.14. The number of sulfonamides is 1. The summed E-state index contributed by atoms with van der Waals surface area (Å²) in [4.78, 5) is 16.1. The van der Waals surface area contributed by atoms with Crippen LogP contribution in [0.4, 0.5) is 0 Å². The van der Waals surface area contributed by atoms with Crippen LogP contribution in [0, 0.1) is 0 Å². The summed E-state index contributed by atoms with van der Waals surface area (Å²) in [7, 11) is -3.78. The van der Waals surface area contributed by atoms with Crippen LogP contribution in [0.25, 0.3) is 0 Å². The van der Waals surface area contributed by atoms with Crippen molar-refractivity contribution in [3.63, 3.8) is 0 Å². The van der Waals surface area contributed by atoms with Crippen molar-refractivity contribution in [1.82, 2.24) is 9.62 Å². The molecule has 1 aliphatic carbocycles. The van der Waals surface area contributed by atoms with Crippen LogP contribution in [0.5, 0.6) is 0 Å². The Labute approximate surface area is 202 Å². The summed E-state index contributed by atoms with van der Waals surface area (Å²) >= 11 is 1.47. The minimum Gasteiger partial charge on any atom is -0.339 e. The van der Waals surface area contributed by atoms with Crippen LogP contribution >= 0.6 is 11.8 Å². The lowest BCUT2D eigenvalue weighted by Crippen LogP contribution is -2.32. The van der Waals surface area contributed by atoms with E-state index in [2.05, 4.69) is 16.9 Å². The number of rotatable bonds is 6. The quantitative estimate of drug-likeness (QED) is 0.560. The molecule has 1 unspecified atom stereocenters. The molecule has 0 radical (unpaired) electrons. The number of hydrogen-bond donors (Lipinski definition) is 1. The molecule has 2 aromatic carbocycles. The molecule has 1 N–H and O–H groups in total. The van der Waals surface area contributed by atoms with E-state index in [9.17, 15) is 13.2 Å². The Morgan fingerprint density at radius 2 is 1.64 bits per heavy atom. The van der Waals surface area contributed by atoms with Gasteiger partial charge in [-0.1, -0.05) is 31.0 Å². The summed E-state index contributed by atoms with van der Waals surface area (Å²) in [6.07, 6.45) is 10.8. The molecule has 7 heteroatoms. The number of thioether (sulfide) groups is 1. The summed E-state index contributed by atoms with van der Waals surface area (Å²) < 4.78 is 29.4. The molecule has 1 saturated heterocycles. The molecule has 0 bridgehead atoms. The predicted octanol–water partition coefficient (Wildman–Crippen LogP) is 5.34. The number of hydrogen-bond acceptors (Lipinski definition) is 4. The van der Waals surface area contributed by atoms with Gasteiger partial charge < -0.3 is 4.90 Å². The lowest BCUT2D eigenvalue weighted by atomic mass is 9.89. The van der Waals surface area contributed by atoms with Crippen molar-refractivity contribution < 1.29 is 13.2 Å². The third-order valence-electron chi connectivity index (χ3n) is 6.81. The molecule has 1 amide bonds. The average molecular weight is 487 g/mol. The van der Waals surface area contributed by atoms with E-state index in [4.69, 9.17) is 0 Å².